The van der Waals surface area contributed by atoms with Gasteiger partial charge in [-0.05, 0) is 0 Å². The largest absolute Gasteiger partial charge is 0.382 e. The van der Waals surface area contributed by atoms with Gasteiger partial charge in [-0.3, -0.25) is 0 Å². The van der Waals surface area contributed by atoms with Crippen LogP contribution in [0.25, 0.3) is 0 Å². The van der Waals surface area contributed by atoms with Crippen LogP contribution in [0.1, 0.15) is 0 Å². The molecule has 0 amide bonds. The molecule has 2 N–H and O–H groups in total. The van der Waals surface area contributed by atoms with Gasteiger partial charge in [0.1, 0.15) is 17.0 Å². The Morgan fingerprint density at radius 3 is 2.82 bits per heavy atom. The molecular weight excluding hydrogens is 260 g/mol. The average molecular weight is 274 g/mol. The molecule has 0 saturated carbocycles. The van der Waals surface area contributed by atoms with Crippen molar-refractivity contribution in [2.45, 2.75) is 5.37 Å². The molecule has 1 fully saturated rings. The third-order valence-corrected chi connectivity index (χ3v) is 5.17. The monoisotopic (exact) mass is 274 g/mol. The second-order valence-corrected chi connectivity index (χ2v) is 7.20. The van der Waals surface area contributed by atoms with Crippen LogP contribution < -0.4 is 10.6 Å². The van der Waals surface area contributed by atoms with Gasteiger partial charge in [0.15, 0.2) is 9.84 Å². The molecule has 1 unspecified atom stereocenters. The molecule has 0 radical (unpaired) electrons. The smallest absolute Gasteiger partial charge is 0.169 e. The number of sulfone groups is 1. The molecule has 8 heteroatoms. The average Bonchev–Trinajstić information content (AvgIpc) is 2.29. The van der Waals surface area contributed by atoms with E-state index in [2.05, 4.69) is 9.97 Å². The van der Waals surface area contributed by atoms with E-state index in [0.29, 0.717) is 23.9 Å². The number of thioether (sulfide) groups is 1. The molecule has 17 heavy (non-hydrogen) atoms. The number of nitrogen functional groups attached to an aromatic ring is 1. The predicted molar refractivity (Wildman–Crippen MR) is 69.7 cm³/mol. The van der Waals surface area contributed by atoms with Crippen LogP contribution >= 0.6 is 11.8 Å². The molecule has 0 aromatic carbocycles. The van der Waals surface area contributed by atoms with Crippen LogP contribution in [0, 0.1) is 0 Å². The summed E-state index contributed by atoms with van der Waals surface area (Å²) in [4.78, 5) is 9.85. The molecular formula is C9H14N4O2S2. The maximum absolute atomic E-state index is 11.7. The summed E-state index contributed by atoms with van der Waals surface area (Å²) in [6.07, 6.45) is 4.21. The van der Waals surface area contributed by atoms with Crippen LogP contribution in [0.15, 0.2) is 12.4 Å². The van der Waals surface area contributed by atoms with Crippen LogP contribution in [0.3, 0.4) is 0 Å². The van der Waals surface area contributed by atoms with Crippen molar-refractivity contribution in [2.24, 2.45) is 0 Å². The van der Waals surface area contributed by atoms with Gasteiger partial charge in [0.2, 0.25) is 0 Å². The zero-order valence-electron chi connectivity index (χ0n) is 9.41. The fourth-order valence-corrected chi connectivity index (χ4v) is 4.50. The molecule has 6 nitrogen and oxygen atoms in total. The molecule has 1 atom stereocenters. The molecule has 94 valence electrons. The Morgan fingerprint density at radius 1 is 1.47 bits per heavy atom. The standard InChI is InChI=1S/C9H14N4O2S2/c1-17(14,15)9-6-16-3-2-13(9)8-5-11-7(10)4-12-8/h4-5,9H,2-3,6H2,1H3,(H2,10,11). The second-order valence-electron chi connectivity index (χ2n) is 3.85. The lowest BCUT2D eigenvalue weighted by Crippen LogP contribution is -2.47. The predicted octanol–water partition coefficient (Wildman–Crippen LogP) is -0.0173. The highest BCUT2D eigenvalue weighted by molar-refractivity contribution is 8.01. The summed E-state index contributed by atoms with van der Waals surface area (Å²) in [5, 5.41) is -0.529. The minimum atomic E-state index is -3.13. The van der Waals surface area contributed by atoms with Gasteiger partial charge >= 0.3 is 0 Å². The summed E-state index contributed by atoms with van der Waals surface area (Å²) >= 11 is 1.64. The van der Waals surface area contributed by atoms with Crippen molar-refractivity contribution >= 4 is 33.2 Å². The van der Waals surface area contributed by atoms with E-state index < -0.39 is 15.2 Å². The van der Waals surface area contributed by atoms with Crippen molar-refractivity contribution < 1.29 is 8.42 Å². The Morgan fingerprint density at radius 2 is 2.24 bits per heavy atom. The van der Waals surface area contributed by atoms with Gasteiger partial charge in [-0.25, -0.2) is 18.4 Å². The third-order valence-electron chi connectivity index (χ3n) is 2.53. The highest BCUT2D eigenvalue weighted by Crippen LogP contribution is 2.24. The molecule has 0 aliphatic carbocycles. The van der Waals surface area contributed by atoms with E-state index in [1.807, 2.05) is 0 Å². The molecule has 0 bridgehead atoms. The summed E-state index contributed by atoms with van der Waals surface area (Å²) in [7, 11) is -3.13. The number of hydrogen-bond acceptors (Lipinski definition) is 7. The van der Waals surface area contributed by atoms with Gasteiger partial charge in [0, 0.05) is 24.3 Å². The SMILES string of the molecule is CS(=O)(=O)C1CSCCN1c1cnc(N)cn1. The summed E-state index contributed by atoms with van der Waals surface area (Å²) < 4.78 is 23.4. The van der Waals surface area contributed by atoms with Gasteiger partial charge in [-0.15, -0.1) is 0 Å². The van der Waals surface area contributed by atoms with Gasteiger partial charge < -0.3 is 10.6 Å². The Kier molecular flexibility index (Phi) is 3.43. The van der Waals surface area contributed by atoms with E-state index in [1.165, 1.54) is 18.6 Å². The van der Waals surface area contributed by atoms with Gasteiger partial charge in [-0.1, -0.05) is 0 Å². The highest BCUT2D eigenvalue weighted by Gasteiger charge is 2.31. The molecule has 2 rings (SSSR count). The lowest BCUT2D eigenvalue weighted by atomic mass is 10.4. The van der Waals surface area contributed by atoms with E-state index in [-0.39, 0.29) is 0 Å². The molecule has 1 saturated heterocycles. The quantitative estimate of drug-likeness (QED) is 0.810. The number of aromatic nitrogens is 2. The Balaban J connectivity index is 2.31. The van der Waals surface area contributed by atoms with Crippen molar-refractivity contribution in [3.05, 3.63) is 12.4 Å². The number of hydrogen-bond donors (Lipinski definition) is 1. The van der Waals surface area contributed by atoms with Gasteiger partial charge in [0.05, 0.1) is 12.4 Å². The lowest BCUT2D eigenvalue weighted by molar-refractivity contribution is 0.583. The van der Waals surface area contributed by atoms with Gasteiger partial charge in [0.25, 0.3) is 0 Å². The van der Waals surface area contributed by atoms with E-state index >= 15 is 0 Å². The first-order valence-electron chi connectivity index (χ1n) is 5.09. The van der Waals surface area contributed by atoms with E-state index in [1.54, 1.807) is 16.7 Å². The molecule has 1 aromatic heterocycles. The molecule has 1 aliphatic rings. The summed E-state index contributed by atoms with van der Waals surface area (Å²) in [6, 6.07) is 0. The van der Waals surface area contributed by atoms with Crippen molar-refractivity contribution in [3.63, 3.8) is 0 Å². The van der Waals surface area contributed by atoms with Crippen molar-refractivity contribution in [1.82, 2.24) is 9.97 Å². The lowest BCUT2D eigenvalue weighted by Gasteiger charge is -2.34. The summed E-state index contributed by atoms with van der Waals surface area (Å²) in [5.74, 6) is 2.34. The topological polar surface area (TPSA) is 89.2 Å². The first-order valence-corrected chi connectivity index (χ1v) is 8.20. The zero-order valence-corrected chi connectivity index (χ0v) is 11.0. The number of rotatable bonds is 2. The van der Waals surface area contributed by atoms with Crippen molar-refractivity contribution in [3.8, 4) is 0 Å². The number of anilines is 2. The maximum Gasteiger partial charge on any atom is 0.169 e. The molecule has 2 heterocycles. The normalized spacial score (nSPS) is 21.5. The van der Waals surface area contributed by atoms with Crippen molar-refractivity contribution in [1.29, 1.82) is 0 Å². The Labute approximate surface area is 105 Å². The van der Waals surface area contributed by atoms with Crippen LogP contribution in [-0.2, 0) is 9.84 Å². The minimum absolute atomic E-state index is 0.330. The molecule has 1 aromatic rings. The molecule has 0 spiro atoms. The fraction of sp³-hybridized carbons (Fsp3) is 0.556. The van der Waals surface area contributed by atoms with Crippen LogP contribution in [-0.4, -0.2) is 48.1 Å². The van der Waals surface area contributed by atoms with Crippen LogP contribution in [0.4, 0.5) is 11.6 Å². The fourth-order valence-electron chi connectivity index (χ4n) is 1.68. The Hall–Kier alpha value is -1.02. The number of nitrogens with two attached hydrogens (primary N) is 1. The summed E-state index contributed by atoms with van der Waals surface area (Å²) in [6.45, 7) is 0.654. The zero-order chi connectivity index (χ0) is 12.5. The van der Waals surface area contributed by atoms with Crippen LogP contribution in [0.2, 0.25) is 0 Å². The first kappa shape index (κ1) is 12.4. The Bertz CT molecular complexity index is 488. The first-order chi connectivity index (χ1) is 7.98. The van der Waals surface area contributed by atoms with Gasteiger partial charge in [-0.2, -0.15) is 11.8 Å². The van der Waals surface area contributed by atoms with Crippen molar-refractivity contribution in [2.75, 3.05) is 34.9 Å². The summed E-state index contributed by atoms with van der Waals surface area (Å²) in [5.41, 5.74) is 5.46. The van der Waals surface area contributed by atoms with E-state index in [0.717, 1.165) is 5.75 Å². The second kappa shape index (κ2) is 4.69. The van der Waals surface area contributed by atoms with E-state index in [4.69, 9.17) is 5.73 Å². The maximum atomic E-state index is 11.7. The minimum Gasteiger partial charge on any atom is -0.382 e. The number of nitrogens with zero attached hydrogens (tertiary/aromatic N) is 3. The van der Waals surface area contributed by atoms with E-state index in [9.17, 15) is 8.42 Å². The van der Waals surface area contributed by atoms with Crippen LogP contribution in [0.5, 0.6) is 0 Å². The third kappa shape index (κ3) is 2.81. The molecule has 1 aliphatic heterocycles. The highest BCUT2D eigenvalue weighted by atomic mass is 32.2.